The van der Waals surface area contributed by atoms with Crippen molar-refractivity contribution in [3.63, 3.8) is 0 Å². The van der Waals surface area contributed by atoms with E-state index in [2.05, 4.69) is 32.7 Å². The predicted octanol–water partition coefficient (Wildman–Crippen LogP) is 4.56. The largest absolute Gasteiger partial charge is 0.506 e. The van der Waals surface area contributed by atoms with Crippen LogP contribution in [0.5, 0.6) is 5.75 Å². The van der Waals surface area contributed by atoms with Gasteiger partial charge in [-0.2, -0.15) is 0 Å². The van der Waals surface area contributed by atoms with Crippen molar-refractivity contribution in [2.75, 3.05) is 26.2 Å². The molecule has 1 atom stereocenters. The highest BCUT2D eigenvalue weighted by molar-refractivity contribution is 9.10. The summed E-state index contributed by atoms with van der Waals surface area (Å²) < 4.78 is 0.652. The monoisotopic (exact) mass is 430 g/mol. The Morgan fingerprint density at radius 2 is 2.00 bits per heavy atom. The minimum Gasteiger partial charge on any atom is -0.506 e. The van der Waals surface area contributed by atoms with E-state index in [9.17, 15) is 5.11 Å². The van der Waals surface area contributed by atoms with Crippen molar-refractivity contribution in [1.82, 2.24) is 10.2 Å². The molecular formula is C15H22BrCl3N2O. The van der Waals surface area contributed by atoms with Gasteiger partial charge in [0.2, 0.25) is 0 Å². The number of nitrogens with one attached hydrogen (secondary N) is 1. The molecule has 1 aromatic carbocycles. The van der Waals surface area contributed by atoms with E-state index >= 15 is 0 Å². The lowest BCUT2D eigenvalue weighted by Crippen LogP contribution is -2.45. The Kier molecular flexibility index (Phi) is 10.8. The number of hydrogen-bond acceptors (Lipinski definition) is 3. The van der Waals surface area contributed by atoms with E-state index in [1.807, 2.05) is 12.1 Å². The zero-order chi connectivity index (χ0) is 14.5. The Hall–Kier alpha value is 0.0300. The fourth-order valence-corrected chi connectivity index (χ4v) is 3.48. The minimum absolute atomic E-state index is 0. The first kappa shape index (κ1) is 22.0. The third-order valence-electron chi connectivity index (χ3n) is 3.65. The number of rotatable bonds is 5. The number of phenols is 1. The van der Waals surface area contributed by atoms with Gasteiger partial charge in [0.05, 0.1) is 4.47 Å². The third kappa shape index (κ3) is 5.59. The summed E-state index contributed by atoms with van der Waals surface area (Å²) in [5.74, 6) is 0.294. The quantitative estimate of drug-likeness (QED) is 0.670. The molecule has 1 saturated heterocycles. The van der Waals surface area contributed by atoms with Crippen LogP contribution in [0.25, 0.3) is 0 Å². The normalized spacial score (nSPS) is 16.3. The summed E-state index contributed by atoms with van der Waals surface area (Å²) in [5, 5.41) is 14.3. The van der Waals surface area contributed by atoms with E-state index in [0.29, 0.717) is 15.2 Å². The molecule has 126 valence electrons. The SMILES string of the molecule is C=CCC[C@@H](c1cc(Cl)cc(Br)c1O)N1CCNCC1.Cl.Cl. The van der Waals surface area contributed by atoms with Crippen molar-refractivity contribution in [1.29, 1.82) is 0 Å². The second-order valence-corrected chi connectivity index (χ2v) is 6.28. The van der Waals surface area contributed by atoms with Gasteiger partial charge in [-0.05, 0) is 40.9 Å². The Balaban J connectivity index is 0.00000220. The van der Waals surface area contributed by atoms with Gasteiger partial charge in [0, 0.05) is 42.8 Å². The fourth-order valence-electron chi connectivity index (χ4n) is 2.64. The Morgan fingerprint density at radius 3 is 2.59 bits per heavy atom. The van der Waals surface area contributed by atoms with E-state index in [0.717, 1.165) is 44.6 Å². The van der Waals surface area contributed by atoms with Gasteiger partial charge in [0.15, 0.2) is 0 Å². The van der Waals surface area contributed by atoms with E-state index < -0.39 is 0 Å². The lowest BCUT2D eigenvalue weighted by atomic mass is 9.98. The highest BCUT2D eigenvalue weighted by Crippen LogP contribution is 2.39. The van der Waals surface area contributed by atoms with Crippen LogP contribution in [0.4, 0.5) is 0 Å². The Morgan fingerprint density at radius 1 is 1.36 bits per heavy atom. The molecule has 3 nitrogen and oxygen atoms in total. The highest BCUT2D eigenvalue weighted by atomic mass is 79.9. The Bertz CT molecular complexity index is 482. The molecule has 0 aliphatic carbocycles. The van der Waals surface area contributed by atoms with Crippen molar-refractivity contribution >= 4 is 52.3 Å². The zero-order valence-electron chi connectivity index (χ0n) is 12.2. The maximum Gasteiger partial charge on any atom is 0.134 e. The van der Waals surface area contributed by atoms with E-state index in [1.54, 1.807) is 6.07 Å². The summed E-state index contributed by atoms with van der Waals surface area (Å²) in [6, 6.07) is 3.77. The lowest BCUT2D eigenvalue weighted by molar-refractivity contribution is 0.163. The number of phenolic OH excluding ortho intramolecular Hbond substituents is 1. The van der Waals surface area contributed by atoms with Gasteiger partial charge >= 0.3 is 0 Å². The standard InChI is InChI=1S/C15H20BrClN2O.2ClH/c1-2-3-4-14(19-7-5-18-6-8-19)12-9-11(17)10-13(16)15(12)20;;/h2,9-10,14,18,20H,1,3-8H2;2*1H/t14-;;/m0../s1. The second kappa shape index (κ2) is 10.7. The molecule has 1 heterocycles. The number of nitrogens with zero attached hydrogens (tertiary/aromatic N) is 1. The van der Waals surface area contributed by atoms with E-state index in [-0.39, 0.29) is 30.9 Å². The van der Waals surface area contributed by atoms with Crippen LogP contribution in [0.1, 0.15) is 24.4 Å². The van der Waals surface area contributed by atoms with Gasteiger partial charge in [-0.25, -0.2) is 0 Å². The van der Waals surface area contributed by atoms with Crippen LogP contribution in [-0.4, -0.2) is 36.2 Å². The molecule has 1 aromatic rings. The van der Waals surface area contributed by atoms with Crippen LogP contribution in [-0.2, 0) is 0 Å². The van der Waals surface area contributed by atoms with E-state index in [4.69, 9.17) is 11.6 Å². The summed E-state index contributed by atoms with van der Waals surface area (Å²) in [5.41, 5.74) is 0.896. The zero-order valence-corrected chi connectivity index (χ0v) is 16.2. The molecule has 1 fully saturated rings. The van der Waals surface area contributed by atoms with Crippen molar-refractivity contribution in [2.45, 2.75) is 18.9 Å². The van der Waals surface area contributed by atoms with Crippen LogP contribution in [0.3, 0.4) is 0 Å². The van der Waals surface area contributed by atoms with Crippen molar-refractivity contribution < 1.29 is 5.11 Å². The van der Waals surface area contributed by atoms with Crippen LogP contribution in [0, 0.1) is 0 Å². The molecule has 7 heteroatoms. The topological polar surface area (TPSA) is 35.5 Å². The predicted molar refractivity (Wildman–Crippen MR) is 102 cm³/mol. The number of benzene rings is 1. The molecule has 0 spiro atoms. The average molecular weight is 433 g/mol. The first-order chi connectivity index (χ1) is 9.63. The molecule has 0 saturated carbocycles. The van der Waals surface area contributed by atoms with Crippen LogP contribution in [0.15, 0.2) is 29.3 Å². The smallest absolute Gasteiger partial charge is 0.134 e. The number of hydrogen-bond donors (Lipinski definition) is 2. The molecule has 0 unspecified atom stereocenters. The van der Waals surface area contributed by atoms with Crippen molar-refractivity contribution in [3.05, 3.63) is 39.8 Å². The summed E-state index contributed by atoms with van der Waals surface area (Å²) in [7, 11) is 0. The van der Waals surface area contributed by atoms with Gasteiger partial charge in [-0.15, -0.1) is 31.4 Å². The van der Waals surface area contributed by atoms with Gasteiger partial charge in [0.1, 0.15) is 5.75 Å². The second-order valence-electron chi connectivity index (χ2n) is 4.99. The summed E-state index contributed by atoms with van der Waals surface area (Å²) in [6.07, 6.45) is 3.77. The van der Waals surface area contributed by atoms with Crippen molar-refractivity contribution in [2.24, 2.45) is 0 Å². The van der Waals surface area contributed by atoms with Crippen LogP contribution < -0.4 is 5.32 Å². The first-order valence-electron chi connectivity index (χ1n) is 6.87. The number of allylic oxidation sites excluding steroid dienone is 1. The Labute approximate surface area is 158 Å². The van der Waals surface area contributed by atoms with Gasteiger partial charge < -0.3 is 10.4 Å². The number of piperazine rings is 1. The molecule has 0 aromatic heterocycles. The fraction of sp³-hybridized carbons (Fsp3) is 0.467. The van der Waals surface area contributed by atoms with Gasteiger partial charge in [-0.3, -0.25) is 4.90 Å². The average Bonchev–Trinajstić information content (AvgIpc) is 2.45. The molecular weight excluding hydrogens is 410 g/mol. The third-order valence-corrected chi connectivity index (χ3v) is 4.48. The highest BCUT2D eigenvalue weighted by Gasteiger charge is 2.25. The van der Waals surface area contributed by atoms with Crippen LogP contribution in [0.2, 0.25) is 5.02 Å². The van der Waals surface area contributed by atoms with Gasteiger partial charge in [-0.1, -0.05) is 17.7 Å². The molecule has 0 amide bonds. The van der Waals surface area contributed by atoms with E-state index in [1.165, 1.54) is 0 Å². The maximum atomic E-state index is 10.3. The molecule has 22 heavy (non-hydrogen) atoms. The van der Waals surface area contributed by atoms with Crippen LogP contribution >= 0.6 is 52.3 Å². The summed E-state index contributed by atoms with van der Waals surface area (Å²) in [4.78, 5) is 2.40. The molecule has 2 rings (SSSR count). The summed E-state index contributed by atoms with van der Waals surface area (Å²) in [6.45, 7) is 7.71. The number of aromatic hydroxyl groups is 1. The first-order valence-corrected chi connectivity index (χ1v) is 8.04. The molecule has 1 aliphatic rings. The van der Waals surface area contributed by atoms with Crippen molar-refractivity contribution in [3.8, 4) is 5.75 Å². The molecule has 1 aliphatic heterocycles. The molecule has 2 N–H and O–H groups in total. The maximum absolute atomic E-state index is 10.3. The summed E-state index contributed by atoms with van der Waals surface area (Å²) >= 11 is 9.52. The molecule has 0 bridgehead atoms. The minimum atomic E-state index is 0. The lowest BCUT2D eigenvalue weighted by Gasteiger charge is -2.35. The molecule has 0 radical (unpaired) electrons. The van der Waals surface area contributed by atoms with Gasteiger partial charge in [0.25, 0.3) is 0 Å². The number of halogens is 4.